The van der Waals surface area contributed by atoms with Crippen molar-refractivity contribution in [1.82, 2.24) is 10.2 Å². The van der Waals surface area contributed by atoms with Gasteiger partial charge < -0.3 is 15.0 Å². The maximum absolute atomic E-state index is 12.9. The fourth-order valence-corrected chi connectivity index (χ4v) is 2.47. The van der Waals surface area contributed by atoms with Crippen molar-refractivity contribution in [3.63, 3.8) is 0 Å². The summed E-state index contributed by atoms with van der Waals surface area (Å²) in [6, 6.07) is 6.65. The summed E-state index contributed by atoms with van der Waals surface area (Å²) in [6.45, 7) is 2.48. The molecule has 0 spiro atoms. The molecule has 1 aliphatic carbocycles. The molecule has 0 radical (unpaired) electrons. The van der Waals surface area contributed by atoms with Crippen molar-refractivity contribution in [2.24, 2.45) is 0 Å². The summed E-state index contributed by atoms with van der Waals surface area (Å²) >= 11 is 0. The van der Waals surface area contributed by atoms with Gasteiger partial charge in [0.2, 0.25) is 0 Å². The van der Waals surface area contributed by atoms with Crippen LogP contribution >= 0.6 is 0 Å². The van der Waals surface area contributed by atoms with Crippen LogP contribution in [0.15, 0.2) is 24.3 Å². The van der Waals surface area contributed by atoms with Crippen molar-refractivity contribution in [1.29, 1.82) is 0 Å². The van der Waals surface area contributed by atoms with Crippen LogP contribution in [0.25, 0.3) is 0 Å². The second kappa shape index (κ2) is 5.89. The Kier molecular flexibility index (Phi) is 3.98. The van der Waals surface area contributed by atoms with Crippen molar-refractivity contribution in [2.75, 3.05) is 19.7 Å². The van der Waals surface area contributed by atoms with E-state index in [0.29, 0.717) is 25.7 Å². The van der Waals surface area contributed by atoms with Gasteiger partial charge in [0.1, 0.15) is 11.9 Å². The number of nitrogens with one attached hydrogen (secondary N) is 1. The summed E-state index contributed by atoms with van der Waals surface area (Å²) in [7, 11) is 0. The van der Waals surface area contributed by atoms with Gasteiger partial charge in [-0.25, -0.2) is 4.39 Å². The molecular formula is C15H19FN2O2. The number of hydrogen-bond acceptors (Lipinski definition) is 3. The first-order chi connectivity index (χ1) is 9.74. The van der Waals surface area contributed by atoms with Crippen LogP contribution in [0.1, 0.15) is 18.4 Å². The number of benzene rings is 1. The molecule has 1 heterocycles. The molecule has 0 aromatic heterocycles. The zero-order valence-electron chi connectivity index (χ0n) is 11.3. The van der Waals surface area contributed by atoms with Crippen LogP contribution < -0.4 is 5.32 Å². The number of morpholine rings is 1. The highest BCUT2D eigenvalue weighted by Crippen LogP contribution is 2.29. The number of rotatable bonds is 4. The molecule has 108 valence electrons. The largest absolute Gasteiger partial charge is 0.366 e. The third-order valence-electron chi connectivity index (χ3n) is 3.74. The van der Waals surface area contributed by atoms with Gasteiger partial charge in [-0.2, -0.15) is 0 Å². The standard InChI is InChI=1S/C15H19FN2O2/c16-12-3-1-11(2-4-12)10-18(13-5-6-13)15(19)14-9-17-7-8-20-14/h1-4,13-14,17H,5-10H2. The Balaban J connectivity index is 1.68. The number of nitrogens with zero attached hydrogens (tertiary/aromatic N) is 1. The van der Waals surface area contributed by atoms with Gasteiger partial charge in [-0.1, -0.05) is 12.1 Å². The van der Waals surface area contributed by atoms with Gasteiger partial charge in [0, 0.05) is 25.7 Å². The van der Waals surface area contributed by atoms with Crippen molar-refractivity contribution in [2.45, 2.75) is 31.5 Å². The van der Waals surface area contributed by atoms with E-state index in [4.69, 9.17) is 4.74 Å². The predicted octanol–water partition coefficient (Wildman–Crippen LogP) is 1.31. The summed E-state index contributed by atoms with van der Waals surface area (Å²) in [6.07, 6.45) is 1.71. The first-order valence-corrected chi connectivity index (χ1v) is 7.11. The Bertz CT molecular complexity index is 467. The molecule has 3 rings (SSSR count). The molecule has 1 unspecified atom stereocenters. The van der Waals surface area contributed by atoms with Crippen LogP contribution in [0, 0.1) is 5.82 Å². The summed E-state index contributed by atoms with van der Waals surface area (Å²) < 4.78 is 18.5. The minimum atomic E-state index is -0.384. The highest BCUT2D eigenvalue weighted by Gasteiger charge is 2.36. The topological polar surface area (TPSA) is 41.6 Å². The molecule has 1 saturated heterocycles. The summed E-state index contributed by atoms with van der Waals surface area (Å²) in [4.78, 5) is 14.4. The lowest BCUT2D eigenvalue weighted by atomic mass is 10.2. The van der Waals surface area contributed by atoms with Crippen molar-refractivity contribution in [3.05, 3.63) is 35.6 Å². The average Bonchev–Trinajstić information content (AvgIpc) is 3.31. The molecule has 1 atom stereocenters. The second-order valence-electron chi connectivity index (χ2n) is 5.39. The highest BCUT2D eigenvalue weighted by atomic mass is 19.1. The predicted molar refractivity (Wildman–Crippen MR) is 72.6 cm³/mol. The van der Waals surface area contributed by atoms with Crippen molar-refractivity contribution < 1.29 is 13.9 Å². The zero-order chi connectivity index (χ0) is 13.9. The number of ether oxygens (including phenoxy) is 1. The van der Waals surface area contributed by atoms with Gasteiger partial charge in [-0.3, -0.25) is 4.79 Å². The first kappa shape index (κ1) is 13.5. The Hall–Kier alpha value is -1.46. The number of hydrogen-bond donors (Lipinski definition) is 1. The van der Waals surface area contributed by atoms with Crippen LogP contribution in [0.2, 0.25) is 0 Å². The highest BCUT2D eigenvalue weighted by molar-refractivity contribution is 5.82. The van der Waals surface area contributed by atoms with Gasteiger partial charge >= 0.3 is 0 Å². The maximum Gasteiger partial charge on any atom is 0.253 e. The molecule has 1 aromatic rings. The zero-order valence-corrected chi connectivity index (χ0v) is 11.3. The first-order valence-electron chi connectivity index (χ1n) is 7.11. The lowest BCUT2D eigenvalue weighted by Gasteiger charge is -2.30. The number of carbonyl (C=O) groups is 1. The van der Waals surface area contributed by atoms with Crippen LogP contribution in [0.4, 0.5) is 4.39 Å². The second-order valence-corrected chi connectivity index (χ2v) is 5.39. The van der Waals surface area contributed by atoms with Crippen LogP contribution in [-0.2, 0) is 16.1 Å². The van der Waals surface area contributed by atoms with Gasteiger partial charge in [-0.15, -0.1) is 0 Å². The Morgan fingerprint density at radius 3 is 2.70 bits per heavy atom. The van der Waals surface area contributed by atoms with Gasteiger partial charge in [0.15, 0.2) is 0 Å². The molecule has 1 amide bonds. The molecule has 20 heavy (non-hydrogen) atoms. The van der Waals surface area contributed by atoms with E-state index in [2.05, 4.69) is 5.32 Å². The van der Waals surface area contributed by atoms with Gasteiger partial charge in [0.25, 0.3) is 5.91 Å². The Morgan fingerprint density at radius 2 is 2.10 bits per heavy atom. The number of amides is 1. The molecule has 0 bridgehead atoms. The van der Waals surface area contributed by atoms with E-state index in [1.165, 1.54) is 12.1 Å². The molecular weight excluding hydrogens is 259 g/mol. The van der Waals surface area contributed by atoms with Crippen LogP contribution in [-0.4, -0.2) is 42.6 Å². The number of halogens is 1. The minimum Gasteiger partial charge on any atom is -0.366 e. The molecule has 2 fully saturated rings. The smallest absolute Gasteiger partial charge is 0.253 e. The third kappa shape index (κ3) is 3.16. The van der Waals surface area contributed by atoms with Crippen molar-refractivity contribution in [3.8, 4) is 0 Å². The monoisotopic (exact) mass is 278 g/mol. The molecule has 1 saturated carbocycles. The van der Waals surface area contributed by atoms with E-state index in [1.54, 1.807) is 12.1 Å². The van der Waals surface area contributed by atoms with E-state index in [-0.39, 0.29) is 17.8 Å². The van der Waals surface area contributed by atoms with E-state index < -0.39 is 0 Å². The Labute approximate surface area is 117 Å². The summed E-state index contributed by atoms with van der Waals surface area (Å²) in [5.74, 6) is -0.207. The average molecular weight is 278 g/mol. The quantitative estimate of drug-likeness (QED) is 0.903. The number of carbonyl (C=O) groups excluding carboxylic acids is 1. The fourth-order valence-electron chi connectivity index (χ4n) is 2.47. The normalized spacial score (nSPS) is 22.6. The molecule has 1 N–H and O–H groups in total. The molecule has 5 heteroatoms. The molecule has 4 nitrogen and oxygen atoms in total. The minimum absolute atomic E-state index is 0.0454. The maximum atomic E-state index is 12.9. The van der Waals surface area contributed by atoms with Crippen molar-refractivity contribution >= 4 is 5.91 Å². The summed E-state index contributed by atoms with van der Waals surface area (Å²) in [5.41, 5.74) is 0.954. The van der Waals surface area contributed by atoms with Gasteiger partial charge in [0.05, 0.1) is 6.61 Å². The van der Waals surface area contributed by atoms with E-state index in [0.717, 1.165) is 24.9 Å². The molecule has 1 aromatic carbocycles. The Morgan fingerprint density at radius 1 is 1.35 bits per heavy atom. The fraction of sp³-hybridized carbons (Fsp3) is 0.533. The van der Waals surface area contributed by atoms with E-state index in [9.17, 15) is 9.18 Å². The molecule has 1 aliphatic heterocycles. The van der Waals surface area contributed by atoms with E-state index in [1.807, 2.05) is 4.90 Å². The lowest BCUT2D eigenvalue weighted by Crippen LogP contribution is -2.49. The van der Waals surface area contributed by atoms with Crippen LogP contribution in [0.3, 0.4) is 0 Å². The SMILES string of the molecule is O=C(C1CNCCO1)N(Cc1ccc(F)cc1)C1CC1. The summed E-state index contributed by atoms with van der Waals surface area (Å²) in [5, 5.41) is 3.18. The van der Waals surface area contributed by atoms with Gasteiger partial charge in [-0.05, 0) is 30.5 Å². The lowest BCUT2D eigenvalue weighted by molar-refractivity contribution is -0.146. The van der Waals surface area contributed by atoms with E-state index >= 15 is 0 Å². The molecule has 2 aliphatic rings. The van der Waals surface area contributed by atoms with Crippen LogP contribution in [0.5, 0.6) is 0 Å². The third-order valence-corrected chi connectivity index (χ3v) is 3.74.